The van der Waals surface area contributed by atoms with E-state index in [0.717, 1.165) is 35.4 Å². The molecule has 1 aromatic rings. The Morgan fingerprint density at radius 1 is 1.38 bits per heavy atom. The fraction of sp³-hybridized carbons (Fsp3) is 0.647. The Morgan fingerprint density at radius 2 is 2.05 bits per heavy atom. The average Bonchev–Trinajstić information content (AvgIpc) is 2.49. The Morgan fingerprint density at radius 3 is 2.57 bits per heavy atom. The molecule has 1 unspecified atom stereocenters. The third-order valence-corrected chi connectivity index (χ3v) is 6.15. The molecule has 21 heavy (non-hydrogen) atoms. The van der Waals surface area contributed by atoms with E-state index < -0.39 is 0 Å². The standard InChI is InChI=1S/C17H26BrClN2/c1-5-17(6-2)11-21(16(10-20-17)12(3)4)13-7-8-14(18)15(19)9-13/h7-9,12,16,20H,5-6,10-11H2,1-4H3. The van der Waals surface area contributed by atoms with Crippen molar-refractivity contribution in [3.05, 3.63) is 27.7 Å². The number of piperazine rings is 1. The number of rotatable bonds is 4. The molecule has 1 fully saturated rings. The fourth-order valence-corrected chi connectivity index (χ4v) is 3.62. The van der Waals surface area contributed by atoms with Gasteiger partial charge in [0.05, 0.1) is 5.02 Å². The quantitative estimate of drug-likeness (QED) is 0.790. The highest BCUT2D eigenvalue weighted by Gasteiger charge is 2.37. The van der Waals surface area contributed by atoms with E-state index >= 15 is 0 Å². The Bertz CT molecular complexity index is 486. The van der Waals surface area contributed by atoms with Crippen molar-refractivity contribution in [1.82, 2.24) is 5.32 Å². The summed E-state index contributed by atoms with van der Waals surface area (Å²) in [6.07, 6.45) is 2.30. The van der Waals surface area contributed by atoms with E-state index in [2.05, 4.69) is 72.0 Å². The van der Waals surface area contributed by atoms with Crippen LogP contribution in [0, 0.1) is 5.92 Å². The number of halogens is 2. The predicted molar refractivity (Wildman–Crippen MR) is 96.4 cm³/mol. The lowest BCUT2D eigenvalue weighted by molar-refractivity contribution is 0.227. The molecular formula is C17H26BrClN2. The lowest BCUT2D eigenvalue weighted by Gasteiger charge is -2.50. The van der Waals surface area contributed by atoms with Crippen molar-refractivity contribution in [1.29, 1.82) is 0 Å². The molecule has 0 saturated carbocycles. The molecule has 0 bridgehead atoms. The van der Waals surface area contributed by atoms with E-state index in [1.807, 2.05) is 0 Å². The van der Waals surface area contributed by atoms with Crippen molar-refractivity contribution in [2.45, 2.75) is 52.1 Å². The summed E-state index contributed by atoms with van der Waals surface area (Å²) >= 11 is 9.79. The molecule has 0 radical (unpaired) electrons. The van der Waals surface area contributed by atoms with Gasteiger partial charge in [0.1, 0.15) is 0 Å². The highest BCUT2D eigenvalue weighted by atomic mass is 79.9. The van der Waals surface area contributed by atoms with Crippen LogP contribution >= 0.6 is 27.5 Å². The van der Waals surface area contributed by atoms with Crippen LogP contribution in [0.25, 0.3) is 0 Å². The lowest BCUT2D eigenvalue weighted by atomic mass is 9.86. The molecule has 0 aliphatic carbocycles. The minimum Gasteiger partial charge on any atom is -0.365 e. The Hall–Kier alpha value is -0.250. The minimum absolute atomic E-state index is 0.213. The first-order valence-electron chi connectivity index (χ1n) is 7.89. The molecule has 1 saturated heterocycles. The van der Waals surface area contributed by atoms with Crippen LogP contribution < -0.4 is 10.2 Å². The van der Waals surface area contributed by atoms with E-state index in [1.54, 1.807) is 0 Å². The number of nitrogens with zero attached hydrogens (tertiary/aromatic N) is 1. The van der Waals surface area contributed by atoms with E-state index in [9.17, 15) is 0 Å². The summed E-state index contributed by atoms with van der Waals surface area (Å²) in [6, 6.07) is 6.82. The lowest BCUT2D eigenvalue weighted by Crippen LogP contribution is -2.65. The molecule has 2 rings (SSSR count). The third kappa shape index (κ3) is 3.57. The SMILES string of the molecule is CCC1(CC)CN(c2ccc(Br)c(Cl)c2)C(C(C)C)CN1. The summed E-state index contributed by atoms with van der Waals surface area (Å²) in [4.78, 5) is 2.55. The first kappa shape index (κ1) is 17.1. The molecule has 0 amide bonds. The second-order valence-corrected chi connectivity index (χ2v) is 7.67. The molecule has 1 heterocycles. The maximum atomic E-state index is 6.31. The maximum Gasteiger partial charge on any atom is 0.0568 e. The van der Waals surface area contributed by atoms with Gasteiger partial charge in [-0.15, -0.1) is 0 Å². The number of hydrogen-bond acceptors (Lipinski definition) is 2. The van der Waals surface area contributed by atoms with Crippen molar-refractivity contribution < 1.29 is 0 Å². The van der Waals surface area contributed by atoms with Crippen LogP contribution in [0.3, 0.4) is 0 Å². The summed E-state index contributed by atoms with van der Waals surface area (Å²) in [6.45, 7) is 11.2. The molecule has 1 aliphatic rings. The smallest absolute Gasteiger partial charge is 0.0568 e. The molecule has 0 aromatic heterocycles. The van der Waals surface area contributed by atoms with Crippen LogP contribution in [0.15, 0.2) is 22.7 Å². The molecule has 1 N–H and O–H groups in total. The molecular weight excluding hydrogens is 348 g/mol. The summed E-state index contributed by atoms with van der Waals surface area (Å²) < 4.78 is 0.960. The average molecular weight is 374 g/mol. The molecule has 1 aliphatic heterocycles. The highest BCUT2D eigenvalue weighted by molar-refractivity contribution is 9.10. The minimum atomic E-state index is 0.213. The van der Waals surface area contributed by atoms with Crippen LogP contribution in [0.2, 0.25) is 5.02 Å². The first-order chi connectivity index (χ1) is 9.92. The van der Waals surface area contributed by atoms with E-state index in [1.165, 1.54) is 5.69 Å². The van der Waals surface area contributed by atoms with Crippen molar-refractivity contribution in [3.8, 4) is 0 Å². The van der Waals surface area contributed by atoms with Gasteiger partial charge < -0.3 is 10.2 Å². The fourth-order valence-electron chi connectivity index (χ4n) is 3.20. The molecule has 2 nitrogen and oxygen atoms in total. The zero-order valence-electron chi connectivity index (χ0n) is 13.4. The van der Waals surface area contributed by atoms with Gasteiger partial charge >= 0.3 is 0 Å². The molecule has 1 aromatic carbocycles. The largest absolute Gasteiger partial charge is 0.365 e. The molecule has 1 atom stereocenters. The topological polar surface area (TPSA) is 15.3 Å². The van der Waals surface area contributed by atoms with Gasteiger partial charge in [0.25, 0.3) is 0 Å². The molecule has 4 heteroatoms. The van der Waals surface area contributed by atoms with E-state index in [0.29, 0.717) is 12.0 Å². The number of benzene rings is 1. The Labute approximate surface area is 142 Å². The predicted octanol–water partition coefficient (Wildman–Crippen LogP) is 5.10. The second-order valence-electron chi connectivity index (χ2n) is 6.41. The number of hydrogen-bond donors (Lipinski definition) is 1. The van der Waals surface area contributed by atoms with Gasteiger partial charge in [-0.2, -0.15) is 0 Å². The Kier molecular flexibility index (Phi) is 5.61. The van der Waals surface area contributed by atoms with Crippen LogP contribution in [0.1, 0.15) is 40.5 Å². The van der Waals surface area contributed by atoms with Crippen molar-refractivity contribution in [3.63, 3.8) is 0 Å². The van der Waals surface area contributed by atoms with Crippen LogP contribution in [-0.2, 0) is 0 Å². The summed E-state index contributed by atoms with van der Waals surface area (Å²) in [5, 5.41) is 4.59. The van der Waals surface area contributed by atoms with Gasteiger partial charge in [0.15, 0.2) is 0 Å². The van der Waals surface area contributed by atoms with E-state index in [-0.39, 0.29) is 5.54 Å². The van der Waals surface area contributed by atoms with Gasteiger partial charge in [0, 0.05) is 34.8 Å². The van der Waals surface area contributed by atoms with Crippen molar-refractivity contribution in [2.75, 3.05) is 18.0 Å². The molecule has 0 spiro atoms. The van der Waals surface area contributed by atoms with Crippen molar-refractivity contribution in [2.24, 2.45) is 5.92 Å². The van der Waals surface area contributed by atoms with Crippen LogP contribution in [-0.4, -0.2) is 24.7 Å². The van der Waals surface area contributed by atoms with Gasteiger partial charge in [0.2, 0.25) is 0 Å². The third-order valence-electron chi connectivity index (χ3n) is 4.92. The number of nitrogens with one attached hydrogen (secondary N) is 1. The summed E-state index contributed by atoms with van der Waals surface area (Å²) in [5.74, 6) is 0.603. The summed E-state index contributed by atoms with van der Waals surface area (Å²) in [7, 11) is 0. The highest BCUT2D eigenvalue weighted by Crippen LogP contribution is 2.33. The monoisotopic (exact) mass is 372 g/mol. The van der Waals surface area contributed by atoms with Gasteiger partial charge in [-0.05, 0) is 52.9 Å². The summed E-state index contributed by atoms with van der Waals surface area (Å²) in [5.41, 5.74) is 1.44. The van der Waals surface area contributed by atoms with Gasteiger partial charge in [-0.25, -0.2) is 0 Å². The molecule has 118 valence electrons. The van der Waals surface area contributed by atoms with Crippen molar-refractivity contribution >= 4 is 33.2 Å². The first-order valence-corrected chi connectivity index (χ1v) is 9.06. The van der Waals surface area contributed by atoms with Crippen LogP contribution in [0.5, 0.6) is 0 Å². The van der Waals surface area contributed by atoms with Gasteiger partial charge in [-0.1, -0.05) is 39.3 Å². The second kappa shape index (κ2) is 6.89. The van der Waals surface area contributed by atoms with Crippen LogP contribution in [0.4, 0.5) is 5.69 Å². The maximum absolute atomic E-state index is 6.31. The number of anilines is 1. The Balaban J connectivity index is 2.35. The zero-order chi connectivity index (χ0) is 15.6. The normalized spacial score (nSPS) is 21.9. The van der Waals surface area contributed by atoms with Gasteiger partial charge in [-0.3, -0.25) is 0 Å². The van der Waals surface area contributed by atoms with E-state index in [4.69, 9.17) is 11.6 Å². The zero-order valence-corrected chi connectivity index (χ0v) is 15.8.